The summed E-state index contributed by atoms with van der Waals surface area (Å²) in [5.74, 6) is 0.332. The minimum absolute atomic E-state index is 0.112. The highest BCUT2D eigenvalue weighted by molar-refractivity contribution is 6.67. The Morgan fingerprint density at radius 1 is 1.44 bits per heavy atom. The third-order valence-corrected chi connectivity index (χ3v) is 2.28. The van der Waals surface area contributed by atoms with Crippen LogP contribution >= 0.6 is 11.6 Å². The topological polar surface area (TPSA) is 26.3 Å². The van der Waals surface area contributed by atoms with Crippen molar-refractivity contribution in [3.8, 4) is 5.75 Å². The Labute approximate surface area is 99.4 Å². The summed E-state index contributed by atoms with van der Waals surface area (Å²) in [6, 6.07) is 3.77. The SMILES string of the molecule is CC(C)CCOc1cc(F)cc(C(=O)Cl)c1. The zero-order valence-electron chi connectivity index (χ0n) is 9.30. The fourth-order valence-electron chi connectivity index (χ4n) is 1.17. The molecular weight excluding hydrogens is 231 g/mol. The predicted molar refractivity (Wildman–Crippen MR) is 61.5 cm³/mol. The van der Waals surface area contributed by atoms with Gasteiger partial charge in [0.25, 0.3) is 5.24 Å². The fraction of sp³-hybridized carbons (Fsp3) is 0.417. The van der Waals surface area contributed by atoms with Gasteiger partial charge in [-0.15, -0.1) is 0 Å². The highest BCUT2D eigenvalue weighted by atomic mass is 35.5. The number of halogens is 2. The lowest BCUT2D eigenvalue weighted by atomic mass is 10.1. The summed E-state index contributed by atoms with van der Waals surface area (Å²) in [5.41, 5.74) is 0.112. The molecule has 2 nitrogen and oxygen atoms in total. The van der Waals surface area contributed by atoms with Gasteiger partial charge in [-0.2, -0.15) is 0 Å². The Morgan fingerprint density at radius 3 is 2.69 bits per heavy atom. The molecule has 88 valence electrons. The van der Waals surface area contributed by atoms with Crippen molar-refractivity contribution in [1.29, 1.82) is 0 Å². The Kier molecular flexibility index (Phi) is 4.74. The van der Waals surface area contributed by atoms with E-state index in [9.17, 15) is 9.18 Å². The van der Waals surface area contributed by atoms with E-state index in [4.69, 9.17) is 16.3 Å². The monoisotopic (exact) mass is 244 g/mol. The number of carbonyl (C=O) groups is 1. The van der Waals surface area contributed by atoms with Crippen molar-refractivity contribution >= 4 is 16.8 Å². The van der Waals surface area contributed by atoms with E-state index in [1.165, 1.54) is 12.1 Å². The summed E-state index contributed by atoms with van der Waals surface area (Å²) in [6.07, 6.45) is 0.876. The van der Waals surface area contributed by atoms with E-state index in [0.717, 1.165) is 12.5 Å². The van der Waals surface area contributed by atoms with Gasteiger partial charge in [-0.3, -0.25) is 4.79 Å². The minimum Gasteiger partial charge on any atom is -0.493 e. The third kappa shape index (κ3) is 4.19. The lowest BCUT2D eigenvalue weighted by Crippen LogP contribution is -2.02. The Balaban J connectivity index is 2.69. The van der Waals surface area contributed by atoms with Crippen molar-refractivity contribution in [2.75, 3.05) is 6.61 Å². The first-order chi connectivity index (χ1) is 7.49. The number of carbonyl (C=O) groups excluding carboxylic acids is 1. The van der Waals surface area contributed by atoms with Crippen LogP contribution in [-0.4, -0.2) is 11.8 Å². The number of rotatable bonds is 5. The van der Waals surface area contributed by atoms with Crippen LogP contribution in [0.3, 0.4) is 0 Å². The average molecular weight is 245 g/mol. The van der Waals surface area contributed by atoms with Crippen LogP contribution in [0.1, 0.15) is 30.6 Å². The predicted octanol–water partition coefficient (Wildman–Crippen LogP) is 3.63. The number of benzene rings is 1. The molecule has 0 radical (unpaired) electrons. The lowest BCUT2D eigenvalue weighted by Gasteiger charge is -2.08. The first-order valence-corrected chi connectivity index (χ1v) is 5.50. The summed E-state index contributed by atoms with van der Waals surface area (Å²) in [4.78, 5) is 10.9. The van der Waals surface area contributed by atoms with Gasteiger partial charge in [0.15, 0.2) is 0 Å². The molecule has 1 rings (SSSR count). The Bertz CT molecular complexity index is 377. The fourth-order valence-corrected chi connectivity index (χ4v) is 1.28. The van der Waals surface area contributed by atoms with Gasteiger partial charge < -0.3 is 4.74 Å². The van der Waals surface area contributed by atoms with E-state index in [-0.39, 0.29) is 5.56 Å². The summed E-state index contributed by atoms with van der Waals surface area (Å²) < 4.78 is 18.4. The molecule has 0 heterocycles. The average Bonchev–Trinajstić information content (AvgIpc) is 2.16. The first kappa shape index (κ1) is 13.0. The Hall–Kier alpha value is -1.09. The molecule has 0 amide bonds. The molecular formula is C12H14ClFO2. The Morgan fingerprint density at radius 2 is 2.12 bits per heavy atom. The maximum Gasteiger partial charge on any atom is 0.252 e. The second kappa shape index (κ2) is 5.85. The number of hydrogen-bond donors (Lipinski definition) is 0. The van der Waals surface area contributed by atoms with Crippen molar-refractivity contribution in [3.05, 3.63) is 29.6 Å². The van der Waals surface area contributed by atoms with Gasteiger partial charge in [0.05, 0.1) is 6.61 Å². The summed E-state index contributed by atoms with van der Waals surface area (Å²) >= 11 is 5.27. The molecule has 0 aliphatic heterocycles. The zero-order chi connectivity index (χ0) is 12.1. The standard InChI is InChI=1S/C12H14ClFO2/c1-8(2)3-4-16-11-6-9(12(13)15)5-10(14)7-11/h5-8H,3-4H2,1-2H3. The quantitative estimate of drug-likeness (QED) is 0.740. The van der Waals surface area contributed by atoms with Gasteiger partial charge in [0.2, 0.25) is 0 Å². The van der Waals surface area contributed by atoms with Crippen molar-refractivity contribution in [1.82, 2.24) is 0 Å². The van der Waals surface area contributed by atoms with E-state index < -0.39 is 11.1 Å². The highest BCUT2D eigenvalue weighted by Gasteiger charge is 2.07. The smallest absolute Gasteiger partial charge is 0.252 e. The molecule has 1 aromatic carbocycles. The van der Waals surface area contributed by atoms with Crippen LogP contribution in [0.2, 0.25) is 0 Å². The number of ether oxygens (including phenoxy) is 1. The maximum atomic E-state index is 13.1. The molecule has 0 spiro atoms. The van der Waals surface area contributed by atoms with Crippen LogP contribution in [0.5, 0.6) is 5.75 Å². The molecule has 0 aliphatic rings. The third-order valence-electron chi connectivity index (χ3n) is 2.06. The van der Waals surface area contributed by atoms with Gasteiger partial charge >= 0.3 is 0 Å². The van der Waals surface area contributed by atoms with Gasteiger partial charge in [-0.05, 0) is 36.1 Å². The molecule has 0 N–H and O–H groups in total. The van der Waals surface area contributed by atoms with Crippen molar-refractivity contribution in [2.24, 2.45) is 5.92 Å². The van der Waals surface area contributed by atoms with Gasteiger partial charge in [-0.25, -0.2) is 4.39 Å². The van der Waals surface area contributed by atoms with Crippen LogP contribution < -0.4 is 4.74 Å². The van der Waals surface area contributed by atoms with Crippen molar-refractivity contribution in [2.45, 2.75) is 20.3 Å². The summed E-state index contributed by atoms with van der Waals surface area (Å²) in [5, 5.41) is -0.687. The van der Waals surface area contributed by atoms with E-state index in [1.54, 1.807) is 0 Å². The summed E-state index contributed by atoms with van der Waals surface area (Å²) in [6.45, 7) is 4.64. The normalized spacial score (nSPS) is 10.6. The number of hydrogen-bond acceptors (Lipinski definition) is 2. The van der Waals surface area contributed by atoms with Gasteiger partial charge in [0.1, 0.15) is 11.6 Å². The van der Waals surface area contributed by atoms with Crippen LogP contribution in [0.25, 0.3) is 0 Å². The highest BCUT2D eigenvalue weighted by Crippen LogP contribution is 2.18. The lowest BCUT2D eigenvalue weighted by molar-refractivity contribution is 0.108. The molecule has 1 aromatic rings. The summed E-state index contributed by atoms with van der Waals surface area (Å²) in [7, 11) is 0. The van der Waals surface area contributed by atoms with Gasteiger partial charge in [0, 0.05) is 11.6 Å². The molecule has 0 atom stereocenters. The van der Waals surface area contributed by atoms with Crippen LogP contribution in [0, 0.1) is 11.7 Å². The molecule has 4 heteroatoms. The van der Waals surface area contributed by atoms with E-state index in [0.29, 0.717) is 18.3 Å². The molecule has 16 heavy (non-hydrogen) atoms. The first-order valence-electron chi connectivity index (χ1n) is 5.12. The van der Waals surface area contributed by atoms with Crippen LogP contribution in [0.15, 0.2) is 18.2 Å². The molecule has 0 aromatic heterocycles. The maximum absolute atomic E-state index is 13.1. The molecule has 0 saturated carbocycles. The van der Waals surface area contributed by atoms with Crippen molar-refractivity contribution < 1.29 is 13.9 Å². The largest absolute Gasteiger partial charge is 0.493 e. The second-order valence-corrected chi connectivity index (χ2v) is 4.32. The molecule has 0 bridgehead atoms. The van der Waals surface area contributed by atoms with E-state index in [1.807, 2.05) is 0 Å². The van der Waals surface area contributed by atoms with Gasteiger partial charge in [-0.1, -0.05) is 13.8 Å². The van der Waals surface area contributed by atoms with Crippen molar-refractivity contribution in [3.63, 3.8) is 0 Å². The molecule has 0 fully saturated rings. The second-order valence-electron chi connectivity index (χ2n) is 3.98. The minimum atomic E-state index is -0.687. The molecule has 0 saturated heterocycles. The van der Waals surface area contributed by atoms with E-state index >= 15 is 0 Å². The van der Waals surface area contributed by atoms with Crippen LogP contribution in [0.4, 0.5) is 4.39 Å². The molecule has 0 aliphatic carbocycles. The van der Waals surface area contributed by atoms with E-state index in [2.05, 4.69) is 13.8 Å². The van der Waals surface area contributed by atoms with Crippen LogP contribution in [-0.2, 0) is 0 Å². The molecule has 0 unspecified atom stereocenters. The zero-order valence-corrected chi connectivity index (χ0v) is 10.1.